The van der Waals surface area contributed by atoms with Gasteiger partial charge in [0.15, 0.2) is 11.5 Å². The minimum atomic E-state index is -0.0326. The number of rotatable bonds is 3. The summed E-state index contributed by atoms with van der Waals surface area (Å²) >= 11 is 5.87. The monoisotopic (exact) mass is 315 g/mol. The Labute approximate surface area is 135 Å². The van der Waals surface area contributed by atoms with E-state index >= 15 is 0 Å². The summed E-state index contributed by atoms with van der Waals surface area (Å²) in [6, 6.07) is 11.2. The van der Waals surface area contributed by atoms with Crippen LogP contribution in [0, 0.1) is 0 Å². The van der Waals surface area contributed by atoms with Gasteiger partial charge in [0.05, 0.1) is 0 Å². The molecule has 3 nitrogen and oxygen atoms in total. The van der Waals surface area contributed by atoms with Gasteiger partial charge in [-0.25, -0.2) is 0 Å². The summed E-state index contributed by atoms with van der Waals surface area (Å²) in [4.78, 5) is 2.31. The normalized spacial score (nSPS) is 15.1. The highest BCUT2D eigenvalue weighted by Gasteiger charge is 2.19. The molecule has 0 radical (unpaired) electrons. The Hall–Kier alpha value is -1.97. The lowest BCUT2D eigenvalue weighted by molar-refractivity contribution is 0.277. The number of phenols is 2. The first-order valence-electron chi connectivity index (χ1n) is 7.30. The predicted octanol–water partition coefficient (Wildman–Crippen LogP) is 3.82. The molecule has 22 heavy (non-hydrogen) atoms. The Morgan fingerprint density at radius 3 is 2.64 bits per heavy atom. The van der Waals surface area contributed by atoms with Gasteiger partial charge >= 0.3 is 0 Å². The van der Waals surface area contributed by atoms with Crippen LogP contribution in [-0.4, -0.2) is 28.2 Å². The maximum absolute atomic E-state index is 9.88. The lowest BCUT2D eigenvalue weighted by Gasteiger charge is -2.28. The zero-order chi connectivity index (χ0) is 15.5. The fourth-order valence-corrected chi connectivity index (χ4v) is 2.88. The van der Waals surface area contributed by atoms with Crippen LogP contribution >= 0.6 is 11.6 Å². The number of nitrogens with zero attached hydrogens (tertiary/aromatic N) is 1. The van der Waals surface area contributed by atoms with Crippen LogP contribution in [0.5, 0.6) is 11.5 Å². The minimum absolute atomic E-state index is 0.0326. The molecule has 0 fully saturated rings. The first kappa shape index (κ1) is 14.9. The fourth-order valence-electron chi connectivity index (χ4n) is 2.75. The molecule has 3 rings (SSSR count). The molecule has 0 unspecified atom stereocenters. The van der Waals surface area contributed by atoms with Crippen molar-refractivity contribution in [1.29, 1.82) is 0 Å². The predicted molar refractivity (Wildman–Crippen MR) is 89.2 cm³/mol. The van der Waals surface area contributed by atoms with Gasteiger partial charge in [0.25, 0.3) is 0 Å². The first-order valence-corrected chi connectivity index (χ1v) is 7.68. The Bertz CT molecular complexity index is 695. The fraction of sp³-hybridized carbons (Fsp3) is 0.222. The molecule has 0 aliphatic carbocycles. The summed E-state index contributed by atoms with van der Waals surface area (Å²) in [7, 11) is 0. The van der Waals surface area contributed by atoms with E-state index in [0.717, 1.165) is 47.8 Å². The third kappa shape index (κ3) is 3.26. The zero-order valence-corrected chi connectivity index (χ0v) is 12.9. The van der Waals surface area contributed by atoms with E-state index in [1.54, 1.807) is 6.07 Å². The summed E-state index contributed by atoms with van der Waals surface area (Å²) in [6.07, 6.45) is 4.97. The second-order valence-corrected chi connectivity index (χ2v) is 5.95. The van der Waals surface area contributed by atoms with E-state index in [1.165, 1.54) is 0 Å². The molecule has 0 spiro atoms. The number of hydrogen-bond donors (Lipinski definition) is 2. The van der Waals surface area contributed by atoms with Crippen LogP contribution in [0.2, 0.25) is 5.02 Å². The number of aromatic hydroxyl groups is 2. The van der Waals surface area contributed by atoms with Crippen molar-refractivity contribution >= 4 is 17.7 Å². The molecular formula is C18H18ClNO2. The van der Waals surface area contributed by atoms with Crippen LogP contribution in [0.15, 0.2) is 42.5 Å². The molecule has 2 N–H and O–H groups in total. The van der Waals surface area contributed by atoms with Crippen molar-refractivity contribution in [3.8, 4) is 11.5 Å². The van der Waals surface area contributed by atoms with Crippen molar-refractivity contribution in [2.45, 2.75) is 13.0 Å². The average molecular weight is 316 g/mol. The summed E-state index contributed by atoms with van der Waals surface area (Å²) in [6.45, 7) is 2.51. The van der Waals surface area contributed by atoms with E-state index in [9.17, 15) is 10.2 Å². The number of fused-ring (bicyclic) bond motifs is 1. The number of halogens is 1. The van der Waals surface area contributed by atoms with E-state index in [4.69, 9.17) is 11.6 Å². The van der Waals surface area contributed by atoms with Crippen LogP contribution in [0.25, 0.3) is 6.08 Å². The van der Waals surface area contributed by atoms with Crippen LogP contribution < -0.4 is 0 Å². The van der Waals surface area contributed by atoms with Crippen LogP contribution in [0.3, 0.4) is 0 Å². The van der Waals surface area contributed by atoms with Crippen molar-refractivity contribution in [2.24, 2.45) is 0 Å². The maximum atomic E-state index is 9.88. The largest absolute Gasteiger partial charge is 0.504 e. The highest BCUT2D eigenvalue weighted by Crippen LogP contribution is 2.34. The molecule has 1 aliphatic rings. The second-order valence-electron chi connectivity index (χ2n) is 5.51. The van der Waals surface area contributed by atoms with Gasteiger partial charge in [-0.15, -0.1) is 0 Å². The average Bonchev–Trinajstić information content (AvgIpc) is 2.53. The van der Waals surface area contributed by atoms with Gasteiger partial charge in [0.2, 0.25) is 0 Å². The molecule has 2 aromatic carbocycles. The Morgan fingerprint density at radius 2 is 1.86 bits per heavy atom. The Morgan fingerprint density at radius 1 is 1.09 bits per heavy atom. The van der Waals surface area contributed by atoms with Crippen LogP contribution in [-0.2, 0) is 13.0 Å². The van der Waals surface area contributed by atoms with Crippen LogP contribution in [0.1, 0.15) is 16.7 Å². The molecule has 0 saturated carbocycles. The van der Waals surface area contributed by atoms with Crippen molar-refractivity contribution < 1.29 is 10.2 Å². The van der Waals surface area contributed by atoms with Gasteiger partial charge in [-0.3, -0.25) is 4.90 Å². The van der Waals surface area contributed by atoms with Gasteiger partial charge in [0.1, 0.15) is 0 Å². The standard InChI is InChI=1S/C18H18ClNO2/c19-15-6-3-13(4-7-15)2-1-10-20-11-9-16-14(12-20)5-8-17(21)18(16)22/h1-8,21-22H,9-12H2/b2-1+. The third-order valence-electron chi connectivity index (χ3n) is 3.97. The van der Waals surface area contributed by atoms with Crippen molar-refractivity contribution in [3.05, 3.63) is 64.2 Å². The molecule has 114 valence electrons. The SMILES string of the molecule is Oc1ccc2c(c1O)CCN(C/C=C/c1ccc(Cl)cc1)C2. The van der Waals surface area contributed by atoms with Crippen molar-refractivity contribution in [2.75, 3.05) is 13.1 Å². The number of hydrogen-bond acceptors (Lipinski definition) is 3. The molecule has 2 aromatic rings. The second kappa shape index (κ2) is 6.42. The molecule has 0 amide bonds. The third-order valence-corrected chi connectivity index (χ3v) is 4.23. The molecule has 4 heteroatoms. The lowest BCUT2D eigenvalue weighted by atomic mass is 9.98. The van der Waals surface area contributed by atoms with Crippen LogP contribution in [0.4, 0.5) is 0 Å². The smallest absolute Gasteiger partial charge is 0.161 e. The van der Waals surface area contributed by atoms with E-state index in [-0.39, 0.29) is 11.5 Å². The minimum Gasteiger partial charge on any atom is -0.504 e. The highest BCUT2D eigenvalue weighted by atomic mass is 35.5. The molecule has 0 saturated heterocycles. The zero-order valence-electron chi connectivity index (χ0n) is 12.2. The molecular weight excluding hydrogens is 298 g/mol. The van der Waals surface area contributed by atoms with E-state index in [0.29, 0.717) is 0 Å². The van der Waals surface area contributed by atoms with Gasteiger partial charge in [-0.05, 0) is 35.7 Å². The molecule has 1 heterocycles. The van der Waals surface area contributed by atoms with Gasteiger partial charge < -0.3 is 10.2 Å². The first-order chi connectivity index (χ1) is 10.6. The highest BCUT2D eigenvalue weighted by molar-refractivity contribution is 6.30. The summed E-state index contributed by atoms with van der Waals surface area (Å²) in [5.41, 5.74) is 3.09. The molecule has 0 bridgehead atoms. The van der Waals surface area contributed by atoms with E-state index in [1.807, 2.05) is 30.3 Å². The van der Waals surface area contributed by atoms with Gasteiger partial charge in [-0.1, -0.05) is 42.0 Å². The van der Waals surface area contributed by atoms with E-state index < -0.39 is 0 Å². The quantitative estimate of drug-likeness (QED) is 0.846. The Kier molecular flexibility index (Phi) is 4.36. The van der Waals surface area contributed by atoms with E-state index in [2.05, 4.69) is 17.1 Å². The topological polar surface area (TPSA) is 43.7 Å². The van der Waals surface area contributed by atoms with Crippen molar-refractivity contribution in [3.63, 3.8) is 0 Å². The number of phenolic OH excluding ortho intramolecular Hbond substituents is 2. The molecule has 0 atom stereocenters. The van der Waals surface area contributed by atoms with Gasteiger partial charge in [0, 0.05) is 30.2 Å². The molecule has 1 aliphatic heterocycles. The van der Waals surface area contributed by atoms with Crippen molar-refractivity contribution in [1.82, 2.24) is 4.90 Å². The summed E-state index contributed by atoms with van der Waals surface area (Å²) < 4.78 is 0. The lowest BCUT2D eigenvalue weighted by Crippen LogP contribution is -2.30. The Balaban J connectivity index is 1.63. The van der Waals surface area contributed by atoms with Gasteiger partial charge in [-0.2, -0.15) is 0 Å². The number of benzene rings is 2. The molecule has 0 aromatic heterocycles. The summed E-state index contributed by atoms with van der Waals surface area (Å²) in [5.74, 6) is 0.00342. The summed E-state index contributed by atoms with van der Waals surface area (Å²) in [5, 5.41) is 20.2. The maximum Gasteiger partial charge on any atom is 0.161 e.